The van der Waals surface area contributed by atoms with Crippen molar-refractivity contribution in [3.05, 3.63) is 161 Å². The Kier molecular flexibility index (Phi) is 7.96. The Morgan fingerprint density at radius 2 is 1.31 bits per heavy atom. The Morgan fingerprint density at radius 1 is 0.603 bits per heavy atom. The molecule has 3 aromatic heterocycles. The van der Waals surface area contributed by atoms with Gasteiger partial charge in [-0.2, -0.15) is 0 Å². The average molecular weight is 898 g/mol. The molecule has 0 amide bonds. The molecule has 1 radical (unpaired) electrons. The van der Waals surface area contributed by atoms with Gasteiger partial charge in [0.25, 0.3) is 0 Å². The first kappa shape index (κ1) is 40.5. The van der Waals surface area contributed by atoms with Gasteiger partial charge in [0.1, 0.15) is 11.2 Å². The number of furan rings is 1. The number of nitrogens with one attached hydrogen (secondary N) is 1. The number of fused-ring (bicyclic) bond motifs is 16. The molecule has 0 saturated heterocycles. The molecule has 1 N–H and O–H groups in total. The van der Waals surface area contributed by atoms with Crippen LogP contribution >= 0.6 is 11.3 Å². The smallest absolute Gasteiger partial charge is 0.198 e. The Labute approximate surface area is 403 Å². The van der Waals surface area contributed by atoms with Crippen molar-refractivity contribution < 1.29 is 4.42 Å². The van der Waals surface area contributed by atoms with Crippen LogP contribution < -0.4 is 16.2 Å². The molecule has 4 heterocycles. The van der Waals surface area contributed by atoms with Crippen LogP contribution in [-0.2, 0) is 21.7 Å². The quantitative estimate of drug-likeness (QED) is 0.179. The third-order valence-corrected chi connectivity index (χ3v) is 17.8. The van der Waals surface area contributed by atoms with E-state index in [9.17, 15) is 0 Å². The van der Waals surface area contributed by atoms with Crippen molar-refractivity contribution in [3.8, 4) is 27.9 Å². The Hall–Kier alpha value is -6.56. The zero-order valence-corrected chi connectivity index (χ0v) is 41.3. The molecule has 8 aromatic carbocycles. The van der Waals surface area contributed by atoms with Crippen LogP contribution in [0.3, 0.4) is 0 Å². The van der Waals surface area contributed by atoms with E-state index in [0.717, 1.165) is 46.2 Å². The molecular formula is C63H54BN2OS. The second-order valence-corrected chi connectivity index (χ2v) is 24.1. The van der Waals surface area contributed by atoms with Gasteiger partial charge in [-0.1, -0.05) is 147 Å². The summed E-state index contributed by atoms with van der Waals surface area (Å²) >= 11 is 1.95. The number of hydrogen-bond acceptors (Lipinski definition) is 3. The number of aromatic nitrogens is 1. The first-order valence-electron chi connectivity index (χ1n) is 24.5. The summed E-state index contributed by atoms with van der Waals surface area (Å²) in [6.07, 6.45) is 2.32. The molecule has 0 bridgehead atoms. The van der Waals surface area contributed by atoms with Crippen molar-refractivity contribution in [2.75, 3.05) is 5.32 Å². The van der Waals surface area contributed by atoms with Crippen molar-refractivity contribution in [2.45, 2.75) is 96.8 Å². The fraction of sp³-hybridized carbons (Fsp3) is 0.238. The molecule has 3 aliphatic rings. The number of para-hydroxylation sites is 1. The Bertz CT molecular complexity index is 4030. The summed E-state index contributed by atoms with van der Waals surface area (Å²) < 4.78 is 12.0. The molecule has 1 aliphatic heterocycles. The van der Waals surface area contributed by atoms with E-state index in [1.165, 1.54) is 109 Å². The Balaban J connectivity index is 1.16. The van der Waals surface area contributed by atoms with E-state index >= 15 is 0 Å². The van der Waals surface area contributed by atoms with Crippen LogP contribution in [0.2, 0.25) is 0 Å². The van der Waals surface area contributed by atoms with Crippen LogP contribution in [0.5, 0.6) is 0 Å². The number of rotatable bonds is 3. The maximum atomic E-state index is 6.70. The number of thiophene rings is 1. The van der Waals surface area contributed by atoms with Gasteiger partial charge >= 0.3 is 0 Å². The largest absolute Gasteiger partial charge is 0.456 e. The monoisotopic (exact) mass is 897 g/mol. The van der Waals surface area contributed by atoms with Gasteiger partial charge in [0.2, 0.25) is 0 Å². The van der Waals surface area contributed by atoms with Crippen LogP contribution in [0.15, 0.2) is 138 Å². The summed E-state index contributed by atoms with van der Waals surface area (Å²) in [5, 5.41) is 11.7. The molecule has 11 aromatic rings. The van der Waals surface area contributed by atoms with Crippen LogP contribution in [0.1, 0.15) is 103 Å². The third kappa shape index (κ3) is 5.43. The van der Waals surface area contributed by atoms with Crippen molar-refractivity contribution in [1.29, 1.82) is 0 Å². The minimum atomic E-state index is -0.188. The van der Waals surface area contributed by atoms with E-state index in [-0.39, 0.29) is 21.7 Å². The van der Waals surface area contributed by atoms with E-state index in [1.807, 2.05) is 11.3 Å². The SMILES string of the molecule is CC(C)(C)c1ccc(Nc2cc3c(cc2-c2c4c5c(c6cc7c(cc6n5-c5cc6oc8ccccc8c6cc5[B]4)C(C)(C)CCC7(C)C)c4c2sc2ccccc24)C(C)(C)c2ccccc2-3)cc1. The molecule has 2 aliphatic carbocycles. The summed E-state index contributed by atoms with van der Waals surface area (Å²) in [5.41, 5.74) is 22.4. The van der Waals surface area contributed by atoms with Crippen LogP contribution in [0.4, 0.5) is 11.4 Å². The van der Waals surface area contributed by atoms with Gasteiger partial charge in [-0.25, -0.2) is 0 Å². The summed E-state index contributed by atoms with van der Waals surface area (Å²) in [7, 11) is 2.53. The molecular weight excluding hydrogens is 844 g/mol. The fourth-order valence-electron chi connectivity index (χ4n) is 12.7. The van der Waals surface area contributed by atoms with Crippen molar-refractivity contribution in [3.63, 3.8) is 0 Å². The summed E-state index contributed by atoms with van der Waals surface area (Å²) in [5.74, 6) is 0. The first-order chi connectivity index (χ1) is 32.6. The zero-order chi connectivity index (χ0) is 46.4. The topological polar surface area (TPSA) is 30.1 Å². The van der Waals surface area contributed by atoms with Gasteiger partial charge in [-0.3, -0.25) is 0 Å². The van der Waals surface area contributed by atoms with Gasteiger partial charge in [0.15, 0.2) is 7.28 Å². The Morgan fingerprint density at radius 3 is 2.09 bits per heavy atom. The van der Waals surface area contributed by atoms with Gasteiger partial charge in [0.05, 0.1) is 5.52 Å². The molecule has 68 heavy (non-hydrogen) atoms. The third-order valence-electron chi connectivity index (χ3n) is 16.6. The molecule has 0 fully saturated rings. The predicted molar refractivity (Wildman–Crippen MR) is 293 cm³/mol. The minimum absolute atomic E-state index is 0.0426. The highest BCUT2D eigenvalue weighted by Gasteiger charge is 2.41. The molecule has 0 spiro atoms. The maximum absolute atomic E-state index is 6.70. The number of anilines is 2. The fourth-order valence-corrected chi connectivity index (χ4v) is 14.0. The second-order valence-electron chi connectivity index (χ2n) is 23.0. The molecule has 3 nitrogen and oxygen atoms in total. The van der Waals surface area contributed by atoms with E-state index in [2.05, 4.69) is 213 Å². The highest BCUT2D eigenvalue weighted by molar-refractivity contribution is 7.26. The van der Waals surface area contributed by atoms with Crippen molar-refractivity contribution in [2.24, 2.45) is 0 Å². The lowest BCUT2D eigenvalue weighted by molar-refractivity contribution is 0.332. The van der Waals surface area contributed by atoms with Crippen molar-refractivity contribution >= 4 is 105 Å². The first-order valence-corrected chi connectivity index (χ1v) is 25.4. The normalized spacial score (nSPS) is 16.4. The summed E-state index contributed by atoms with van der Waals surface area (Å²) in [4.78, 5) is 0. The van der Waals surface area contributed by atoms with E-state index in [0.29, 0.717) is 0 Å². The minimum Gasteiger partial charge on any atom is -0.456 e. The average Bonchev–Trinajstić information content (AvgIpc) is 4.04. The van der Waals surface area contributed by atoms with Gasteiger partial charge in [-0.15, -0.1) is 11.3 Å². The lowest BCUT2D eigenvalue weighted by Crippen LogP contribution is -2.37. The van der Waals surface area contributed by atoms with Gasteiger partial charge in [0, 0.05) is 81.3 Å². The highest BCUT2D eigenvalue weighted by atomic mass is 32.1. The second kappa shape index (κ2) is 13.4. The zero-order valence-electron chi connectivity index (χ0n) is 40.5. The van der Waals surface area contributed by atoms with E-state index < -0.39 is 0 Å². The molecule has 0 unspecified atom stereocenters. The van der Waals surface area contributed by atoms with Crippen LogP contribution in [-0.4, -0.2) is 11.8 Å². The highest BCUT2D eigenvalue weighted by Crippen LogP contribution is 2.56. The van der Waals surface area contributed by atoms with E-state index in [1.54, 1.807) is 0 Å². The summed E-state index contributed by atoms with van der Waals surface area (Å²) in [6, 6.07) is 50.8. The van der Waals surface area contributed by atoms with Crippen LogP contribution in [0.25, 0.3) is 91.9 Å². The summed E-state index contributed by atoms with van der Waals surface area (Å²) in [6.45, 7) is 21.5. The molecule has 5 heteroatoms. The molecule has 0 atom stereocenters. The number of nitrogens with zero attached hydrogens (tertiary/aromatic N) is 1. The molecule has 14 rings (SSSR count). The predicted octanol–water partition coefficient (Wildman–Crippen LogP) is 16.4. The number of benzene rings is 8. The standard InChI is InChI=1S/C63H54BN2OS/c1-60(2,3)34-22-24-35(25-23-34)65-48-31-39-36-16-10-13-19-43(36)63(8,9)44(39)28-41(48)56-57-58-54(55-38-18-12-15-21-53(38)68-59(55)56)42-29-45-46(62(6,7)27-26-61(45,4)5)32-49(42)66(58)50-33-52-40(30-47(50)64-57)37-17-11-14-20-51(37)67-52/h10-25,28-33,65H,26-27H2,1-9H3. The molecule has 331 valence electrons. The lowest BCUT2D eigenvalue weighted by Gasteiger charge is -2.42. The van der Waals surface area contributed by atoms with E-state index in [4.69, 9.17) is 4.42 Å². The van der Waals surface area contributed by atoms with Crippen LogP contribution in [0, 0.1) is 0 Å². The molecule has 0 saturated carbocycles. The number of hydrogen-bond donors (Lipinski definition) is 1. The van der Waals surface area contributed by atoms with Gasteiger partial charge < -0.3 is 14.3 Å². The maximum Gasteiger partial charge on any atom is 0.198 e. The van der Waals surface area contributed by atoms with Gasteiger partial charge in [-0.05, 0) is 128 Å². The lowest BCUT2D eigenvalue weighted by atomic mass is 9.58. The van der Waals surface area contributed by atoms with Crippen molar-refractivity contribution in [1.82, 2.24) is 4.57 Å².